The summed E-state index contributed by atoms with van der Waals surface area (Å²) >= 11 is 2.50. The van der Waals surface area contributed by atoms with Gasteiger partial charge >= 0.3 is 0 Å². The molecule has 6 heteroatoms. The minimum atomic E-state index is 0.925. The lowest BCUT2D eigenvalue weighted by molar-refractivity contribution is 0.649. The summed E-state index contributed by atoms with van der Waals surface area (Å²) in [4.78, 5) is 10.9. The van der Waals surface area contributed by atoms with Crippen LogP contribution in [-0.2, 0) is 0 Å². The lowest BCUT2D eigenvalue weighted by Crippen LogP contribution is -2.47. The Hall–Kier alpha value is -5.99. The molecule has 0 fully saturated rings. The van der Waals surface area contributed by atoms with E-state index in [1.165, 1.54) is 0 Å². The minimum Gasteiger partial charge on any atom is -0.248 e. The summed E-state index contributed by atoms with van der Waals surface area (Å²) in [6.45, 7) is 0. The number of hydrogen-bond acceptors (Lipinski definition) is 3. The average Bonchev–Trinajstić information content (AvgIpc) is 3.99. The number of allylic oxidation sites excluding steroid dienone is 4. The van der Waals surface area contributed by atoms with Crippen molar-refractivity contribution in [3.05, 3.63) is 226 Å². The van der Waals surface area contributed by atoms with Gasteiger partial charge in [-0.05, 0) is 70.8 Å². The minimum absolute atomic E-state index is 0.925. The smallest absolute Gasteiger partial charge is 0.107 e. The second kappa shape index (κ2) is 11.6. The molecule has 6 heterocycles. The van der Waals surface area contributed by atoms with Gasteiger partial charge in [-0.3, -0.25) is 0 Å². The maximum atomic E-state index is 5.43. The SMILES string of the molecule is IN1n2c3ccc2/C(c2ccccc2)=C2/C=CC(=N2)/C(c2ccccc2)=c2/cc/c(n21)=C(\c1ccccc1)C1=N/C(=C\3c2ccccc2)C=C1. The summed E-state index contributed by atoms with van der Waals surface area (Å²) in [5, 5.41) is 2.06. The fourth-order valence-corrected chi connectivity index (χ4v) is 8.40. The first-order chi connectivity index (χ1) is 24.7. The molecule has 2 aromatic heterocycles. The van der Waals surface area contributed by atoms with Gasteiger partial charge in [-0.1, -0.05) is 121 Å². The molecule has 0 spiro atoms. The number of halogens is 1. The van der Waals surface area contributed by atoms with Gasteiger partial charge in [-0.2, -0.15) is 3.33 Å². The third kappa shape index (κ3) is 4.45. The Morgan fingerprint density at radius 2 is 0.720 bits per heavy atom. The highest BCUT2D eigenvalue weighted by Gasteiger charge is 2.31. The van der Waals surface area contributed by atoms with Crippen LogP contribution in [0, 0.1) is 0 Å². The summed E-state index contributed by atoms with van der Waals surface area (Å²) in [7, 11) is 0. The van der Waals surface area contributed by atoms with E-state index in [4.69, 9.17) is 9.98 Å². The highest BCUT2D eigenvalue weighted by Crippen LogP contribution is 2.39. The molecular formula is C44H28IN5. The van der Waals surface area contributed by atoms with Crippen molar-refractivity contribution in [3.8, 4) is 0 Å². The van der Waals surface area contributed by atoms with Crippen LogP contribution < -0.4 is 14.0 Å². The number of aliphatic imine (C=N–C) groups is 2. The first-order valence-corrected chi connectivity index (χ1v) is 17.6. The van der Waals surface area contributed by atoms with Crippen molar-refractivity contribution in [3.63, 3.8) is 0 Å². The van der Waals surface area contributed by atoms with E-state index in [1.807, 2.05) is 0 Å². The van der Waals surface area contributed by atoms with Gasteiger partial charge in [0.05, 0.1) is 44.9 Å². The van der Waals surface area contributed by atoms with Crippen molar-refractivity contribution in [1.29, 1.82) is 0 Å². The van der Waals surface area contributed by atoms with Gasteiger partial charge in [0.15, 0.2) is 0 Å². The molecule has 4 aromatic carbocycles. The van der Waals surface area contributed by atoms with E-state index in [-0.39, 0.29) is 0 Å². The normalized spacial score (nSPS) is 20.9. The fraction of sp³-hybridized carbons (Fsp3) is 0. The monoisotopic (exact) mass is 753 g/mol. The molecule has 0 amide bonds. The lowest BCUT2D eigenvalue weighted by Gasteiger charge is -2.29. The largest absolute Gasteiger partial charge is 0.248 e. The number of hydrogen-bond donors (Lipinski definition) is 0. The van der Waals surface area contributed by atoms with Gasteiger partial charge in [0.25, 0.3) is 0 Å². The van der Waals surface area contributed by atoms with Crippen LogP contribution in [0.3, 0.4) is 0 Å². The molecule has 5 nitrogen and oxygen atoms in total. The van der Waals surface area contributed by atoms with Gasteiger partial charge in [-0.15, -0.1) is 0 Å². The van der Waals surface area contributed by atoms with Crippen LogP contribution in [0.4, 0.5) is 0 Å². The van der Waals surface area contributed by atoms with Gasteiger partial charge in [0.1, 0.15) is 22.9 Å². The summed E-state index contributed by atoms with van der Waals surface area (Å²) in [5.74, 6) is 0. The van der Waals surface area contributed by atoms with Crippen LogP contribution in [0.15, 0.2) is 191 Å². The molecule has 0 unspecified atom stereocenters. The van der Waals surface area contributed by atoms with Crippen LogP contribution >= 0.6 is 22.9 Å². The lowest BCUT2D eigenvalue weighted by atomic mass is 10.0. The molecule has 236 valence electrons. The van der Waals surface area contributed by atoms with Crippen molar-refractivity contribution in [2.24, 2.45) is 9.98 Å². The quantitative estimate of drug-likeness (QED) is 0.133. The van der Waals surface area contributed by atoms with Gasteiger partial charge in [-0.25, -0.2) is 19.3 Å². The average molecular weight is 754 g/mol. The maximum Gasteiger partial charge on any atom is 0.107 e. The van der Waals surface area contributed by atoms with E-state index < -0.39 is 0 Å². The van der Waals surface area contributed by atoms with Crippen LogP contribution in [0.5, 0.6) is 0 Å². The van der Waals surface area contributed by atoms with E-state index in [1.54, 1.807) is 0 Å². The number of fused-ring (bicyclic) bond motifs is 2. The Bertz CT molecular complexity index is 2490. The molecule has 0 aliphatic carbocycles. The van der Waals surface area contributed by atoms with Crippen LogP contribution in [0.1, 0.15) is 33.6 Å². The predicted molar refractivity (Wildman–Crippen MR) is 212 cm³/mol. The fourth-order valence-electron chi connectivity index (χ4n) is 7.47. The molecule has 4 aliphatic rings. The molecular weight excluding hydrogens is 725 g/mol. The van der Waals surface area contributed by atoms with Gasteiger partial charge in [0, 0.05) is 22.3 Å². The molecule has 0 saturated heterocycles. The second-order valence-electron chi connectivity index (χ2n) is 12.5. The first-order valence-electron chi connectivity index (χ1n) is 16.6. The van der Waals surface area contributed by atoms with Gasteiger partial charge in [0.2, 0.25) is 0 Å². The molecule has 0 N–H and O–H groups in total. The summed E-state index contributed by atoms with van der Waals surface area (Å²) in [6, 6.07) is 51.4. The molecule has 0 radical (unpaired) electrons. The number of benzene rings is 4. The van der Waals surface area contributed by atoms with Crippen molar-refractivity contribution in [2.45, 2.75) is 0 Å². The zero-order valence-electron chi connectivity index (χ0n) is 26.8. The zero-order valence-corrected chi connectivity index (χ0v) is 28.9. The number of rotatable bonds is 4. The molecule has 0 atom stereocenters. The van der Waals surface area contributed by atoms with E-state index >= 15 is 0 Å². The van der Waals surface area contributed by atoms with Crippen molar-refractivity contribution in [1.82, 2.24) is 9.35 Å². The molecule has 6 bridgehead atoms. The molecule has 0 saturated carbocycles. The van der Waals surface area contributed by atoms with E-state index in [0.717, 1.165) is 89.4 Å². The molecule has 4 aliphatic heterocycles. The van der Waals surface area contributed by atoms with E-state index in [0.29, 0.717) is 0 Å². The Kier molecular flexibility index (Phi) is 6.70. The number of aromatic nitrogens is 2. The standard InChI is InChI=1S/C44H28IN5/c45-50-48-37-25-26-38(48)43(31-17-9-3-10-18-31)35-23-24-36(47-35)44(32-19-11-4-12-20-32)40-28-27-39(49(40)50)42(30-15-7-2-8-16-30)34-22-21-33(46-34)41(37)29-13-5-1-6-14-29/h1-28H/b41-33-,41-37?,42-34?,42-39-,43-35-,43-38?,44-36?,44-40-. The zero-order chi connectivity index (χ0) is 33.2. The Morgan fingerprint density at radius 1 is 0.360 bits per heavy atom. The highest BCUT2D eigenvalue weighted by atomic mass is 127. The Morgan fingerprint density at radius 3 is 1.10 bits per heavy atom. The topological polar surface area (TPSA) is 37.8 Å². The van der Waals surface area contributed by atoms with Crippen LogP contribution in [0.2, 0.25) is 0 Å². The maximum absolute atomic E-state index is 5.43. The third-order valence-electron chi connectivity index (χ3n) is 9.62. The second-order valence-corrected chi connectivity index (χ2v) is 13.3. The van der Waals surface area contributed by atoms with Crippen LogP contribution in [0.25, 0.3) is 22.3 Å². The predicted octanol–water partition coefficient (Wildman–Crippen LogP) is 8.01. The Balaban J connectivity index is 1.45. The summed E-state index contributed by atoms with van der Waals surface area (Å²) in [5.41, 5.74) is 14.4. The number of nitrogens with zero attached hydrogens (tertiary/aromatic N) is 5. The van der Waals surface area contributed by atoms with Crippen molar-refractivity contribution < 1.29 is 0 Å². The molecule has 50 heavy (non-hydrogen) atoms. The first kappa shape index (κ1) is 29.0. The van der Waals surface area contributed by atoms with E-state index in [2.05, 4.69) is 205 Å². The highest BCUT2D eigenvalue weighted by molar-refractivity contribution is 14.1. The summed E-state index contributed by atoms with van der Waals surface area (Å²) in [6.07, 6.45) is 8.67. The molecule has 10 rings (SSSR count). The third-order valence-corrected chi connectivity index (χ3v) is 10.5. The van der Waals surface area contributed by atoms with Gasteiger partial charge < -0.3 is 0 Å². The van der Waals surface area contributed by atoms with Crippen molar-refractivity contribution >= 4 is 56.6 Å². The molecule has 6 aromatic rings. The summed E-state index contributed by atoms with van der Waals surface area (Å²) < 4.78 is 6.92. The van der Waals surface area contributed by atoms with Crippen LogP contribution in [-0.4, -0.2) is 20.8 Å². The Labute approximate surface area is 303 Å². The van der Waals surface area contributed by atoms with E-state index in [9.17, 15) is 0 Å². The van der Waals surface area contributed by atoms with Crippen molar-refractivity contribution in [2.75, 3.05) is 3.33 Å².